The van der Waals surface area contributed by atoms with Crippen molar-refractivity contribution in [1.29, 1.82) is 0 Å². The van der Waals surface area contributed by atoms with E-state index in [0.29, 0.717) is 5.92 Å². The van der Waals surface area contributed by atoms with Crippen molar-refractivity contribution < 1.29 is 8.42 Å². The van der Waals surface area contributed by atoms with Crippen LogP contribution >= 0.6 is 11.6 Å². The number of hydrogen-bond acceptors (Lipinski definition) is 2. The Labute approximate surface area is 161 Å². The number of nitrogens with one attached hydrogen (secondary N) is 2. The van der Waals surface area contributed by atoms with Crippen molar-refractivity contribution in [2.24, 2.45) is 0 Å². The summed E-state index contributed by atoms with van der Waals surface area (Å²) in [5.74, 6) is 0.443. The molecule has 1 fully saturated rings. The fourth-order valence-electron chi connectivity index (χ4n) is 3.40. The smallest absolute Gasteiger partial charge is 0.216 e. The Morgan fingerprint density at radius 1 is 1.08 bits per heavy atom. The Kier molecular flexibility index (Phi) is 5.52. The highest BCUT2D eigenvalue weighted by atomic mass is 35.5. The predicted molar refractivity (Wildman–Crippen MR) is 108 cm³/mol. The van der Waals surface area contributed by atoms with E-state index in [-0.39, 0.29) is 6.04 Å². The molecule has 0 bridgehead atoms. The largest absolute Gasteiger partial charge is 0.364 e. The molecule has 142 valence electrons. The molecule has 1 saturated carbocycles. The zero-order valence-corrected chi connectivity index (χ0v) is 17.1. The van der Waals surface area contributed by atoms with Crippen LogP contribution in [0.25, 0.3) is 11.1 Å². The van der Waals surface area contributed by atoms with Crippen molar-refractivity contribution >= 4 is 21.6 Å². The molecule has 0 amide bonds. The summed E-state index contributed by atoms with van der Waals surface area (Å²) in [6, 6.07) is 10.1. The van der Waals surface area contributed by atoms with Gasteiger partial charge in [0.2, 0.25) is 10.0 Å². The topological polar surface area (TPSA) is 62.0 Å². The first-order valence-corrected chi connectivity index (χ1v) is 11.0. The van der Waals surface area contributed by atoms with Crippen LogP contribution in [0.4, 0.5) is 0 Å². The molecule has 3 rings (SSSR count). The van der Waals surface area contributed by atoms with E-state index < -0.39 is 14.8 Å². The fraction of sp³-hybridized carbons (Fsp3) is 0.500. The molecule has 0 spiro atoms. The molecule has 26 heavy (non-hydrogen) atoms. The Morgan fingerprint density at radius 3 is 2.38 bits per heavy atom. The van der Waals surface area contributed by atoms with Crippen molar-refractivity contribution in [3.8, 4) is 11.1 Å². The van der Waals surface area contributed by atoms with Crippen molar-refractivity contribution in [2.45, 2.75) is 63.2 Å². The van der Waals surface area contributed by atoms with Gasteiger partial charge in [0, 0.05) is 23.0 Å². The molecule has 0 atom stereocenters. The van der Waals surface area contributed by atoms with Gasteiger partial charge >= 0.3 is 0 Å². The molecule has 4 nitrogen and oxygen atoms in total. The third kappa shape index (κ3) is 4.33. The van der Waals surface area contributed by atoms with E-state index in [1.54, 1.807) is 20.8 Å². The van der Waals surface area contributed by atoms with Crippen LogP contribution in [-0.2, 0) is 10.0 Å². The maximum absolute atomic E-state index is 12.3. The molecule has 1 aliphatic carbocycles. The average molecular weight is 395 g/mol. The molecule has 1 aliphatic rings. The van der Waals surface area contributed by atoms with Gasteiger partial charge in [0.05, 0.1) is 4.75 Å². The molecular formula is C20H27ClN2O2S. The zero-order chi connectivity index (χ0) is 18.9. The lowest BCUT2D eigenvalue weighted by atomic mass is 9.84. The van der Waals surface area contributed by atoms with Crippen LogP contribution in [0.1, 0.15) is 58.1 Å². The van der Waals surface area contributed by atoms with Gasteiger partial charge in [0.1, 0.15) is 0 Å². The second-order valence-electron chi connectivity index (χ2n) is 8.14. The standard InChI is InChI=1S/C20H27ClN2O2S/c1-20(2,3)26(24,25)23-18-9-7-14(8-10-18)19-12-16(13-22-19)15-5-4-6-17(21)11-15/h4-6,11-14,18,22-23H,7-10H2,1-3H3. The summed E-state index contributed by atoms with van der Waals surface area (Å²) < 4.78 is 26.8. The number of rotatable bonds is 4. The molecule has 0 radical (unpaired) electrons. The molecule has 1 heterocycles. The van der Waals surface area contributed by atoms with E-state index in [0.717, 1.165) is 41.8 Å². The Hall–Kier alpha value is -1.30. The first-order valence-electron chi connectivity index (χ1n) is 9.12. The minimum Gasteiger partial charge on any atom is -0.364 e. The van der Waals surface area contributed by atoms with Crippen LogP contribution in [0.15, 0.2) is 36.5 Å². The number of benzene rings is 1. The van der Waals surface area contributed by atoms with Gasteiger partial charge in [-0.3, -0.25) is 0 Å². The van der Waals surface area contributed by atoms with E-state index in [9.17, 15) is 8.42 Å². The van der Waals surface area contributed by atoms with Gasteiger partial charge in [0.15, 0.2) is 0 Å². The summed E-state index contributed by atoms with van der Waals surface area (Å²) in [5, 5.41) is 0.733. The van der Waals surface area contributed by atoms with E-state index in [4.69, 9.17) is 11.6 Å². The highest BCUT2D eigenvalue weighted by molar-refractivity contribution is 7.90. The first kappa shape index (κ1) is 19.5. The summed E-state index contributed by atoms with van der Waals surface area (Å²) >= 11 is 6.08. The summed E-state index contributed by atoms with van der Waals surface area (Å²) in [6.45, 7) is 5.20. The molecule has 1 aromatic carbocycles. The van der Waals surface area contributed by atoms with Gasteiger partial charge in [-0.05, 0) is 81.7 Å². The van der Waals surface area contributed by atoms with Gasteiger partial charge in [-0.1, -0.05) is 23.7 Å². The van der Waals surface area contributed by atoms with Crippen LogP contribution in [-0.4, -0.2) is 24.2 Å². The molecule has 0 saturated heterocycles. The highest BCUT2D eigenvalue weighted by Crippen LogP contribution is 2.35. The number of halogens is 1. The van der Waals surface area contributed by atoms with Crippen LogP contribution in [0.2, 0.25) is 5.02 Å². The molecule has 0 unspecified atom stereocenters. The Balaban J connectivity index is 1.62. The minimum absolute atomic E-state index is 0.0397. The van der Waals surface area contributed by atoms with Crippen LogP contribution < -0.4 is 4.72 Å². The Bertz CT molecular complexity index is 860. The SMILES string of the molecule is CC(C)(C)S(=O)(=O)NC1CCC(c2cc(-c3cccc(Cl)c3)c[nH]2)CC1. The lowest BCUT2D eigenvalue weighted by Gasteiger charge is -2.31. The van der Waals surface area contributed by atoms with E-state index in [2.05, 4.69) is 21.8 Å². The van der Waals surface area contributed by atoms with E-state index in [1.807, 2.05) is 24.4 Å². The highest BCUT2D eigenvalue weighted by Gasteiger charge is 2.33. The third-order valence-electron chi connectivity index (χ3n) is 5.16. The third-order valence-corrected chi connectivity index (χ3v) is 7.65. The lowest BCUT2D eigenvalue weighted by molar-refractivity contribution is 0.368. The van der Waals surface area contributed by atoms with Gasteiger partial charge in [0.25, 0.3) is 0 Å². The molecule has 0 aliphatic heterocycles. The number of aromatic nitrogens is 1. The predicted octanol–water partition coefficient (Wildman–Crippen LogP) is 5.08. The summed E-state index contributed by atoms with van der Waals surface area (Å²) in [6.07, 6.45) is 5.71. The second-order valence-corrected chi connectivity index (χ2v) is 11.0. The first-order chi connectivity index (χ1) is 12.2. The van der Waals surface area contributed by atoms with Crippen LogP contribution in [0, 0.1) is 0 Å². The van der Waals surface area contributed by atoms with Crippen molar-refractivity contribution in [1.82, 2.24) is 9.71 Å². The lowest BCUT2D eigenvalue weighted by Crippen LogP contribution is -2.45. The zero-order valence-electron chi connectivity index (χ0n) is 15.5. The monoisotopic (exact) mass is 394 g/mol. The molecular weight excluding hydrogens is 368 g/mol. The quantitative estimate of drug-likeness (QED) is 0.759. The number of aromatic amines is 1. The molecule has 1 aromatic heterocycles. The second kappa shape index (κ2) is 7.37. The van der Waals surface area contributed by atoms with E-state index >= 15 is 0 Å². The van der Waals surface area contributed by atoms with Crippen molar-refractivity contribution in [3.63, 3.8) is 0 Å². The van der Waals surface area contributed by atoms with E-state index in [1.165, 1.54) is 5.69 Å². The minimum atomic E-state index is -3.29. The van der Waals surface area contributed by atoms with Gasteiger partial charge in [-0.2, -0.15) is 0 Å². The molecule has 6 heteroatoms. The van der Waals surface area contributed by atoms with Crippen LogP contribution in [0.5, 0.6) is 0 Å². The summed E-state index contributed by atoms with van der Waals surface area (Å²) in [7, 11) is -3.29. The Morgan fingerprint density at radius 2 is 1.77 bits per heavy atom. The average Bonchev–Trinajstić information content (AvgIpc) is 3.04. The summed E-state index contributed by atoms with van der Waals surface area (Å²) in [5.41, 5.74) is 3.46. The normalized spacial score (nSPS) is 21.7. The maximum atomic E-state index is 12.3. The van der Waals surface area contributed by atoms with Crippen molar-refractivity contribution in [2.75, 3.05) is 0 Å². The van der Waals surface area contributed by atoms with Crippen LogP contribution in [0.3, 0.4) is 0 Å². The molecule has 2 N–H and O–H groups in total. The number of sulfonamides is 1. The van der Waals surface area contributed by atoms with Gasteiger partial charge in [-0.25, -0.2) is 13.1 Å². The van der Waals surface area contributed by atoms with Crippen molar-refractivity contribution in [3.05, 3.63) is 47.2 Å². The maximum Gasteiger partial charge on any atom is 0.216 e. The van der Waals surface area contributed by atoms with Gasteiger partial charge in [-0.15, -0.1) is 0 Å². The fourth-order valence-corrected chi connectivity index (χ4v) is 4.62. The number of H-pyrrole nitrogens is 1. The number of hydrogen-bond donors (Lipinski definition) is 2. The molecule has 2 aromatic rings. The summed E-state index contributed by atoms with van der Waals surface area (Å²) in [4.78, 5) is 3.40. The van der Waals surface area contributed by atoms with Gasteiger partial charge < -0.3 is 4.98 Å².